The molecule has 25 heavy (non-hydrogen) atoms. The zero-order chi connectivity index (χ0) is 17.4. The van der Waals surface area contributed by atoms with E-state index in [0.717, 1.165) is 33.4 Å². The predicted octanol–water partition coefficient (Wildman–Crippen LogP) is 4.00. The summed E-state index contributed by atoms with van der Waals surface area (Å²) in [5, 5.41) is 7.68. The second kappa shape index (κ2) is 6.02. The van der Waals surface area contributed by atoms with Gasteiger partial charge >= 0.3 is 0 Å². The number of benzene rings is 1. The van der Waals surface area contributed by atoms with Crippen LogP contribution >= 0.6 is 0 Å². The van der Waals surface area contributed by atoms with Crippen molar-refractivity contribution in [1.82, 2.24) is 20.2 Å². The maximum atomic E-state index is 12.4. The Balaban J connectivity index is 1.63. The molecule has 0 saturated heterocycles. The largest absolute Gasteiger partial charge is 0.339 e. The molecule has 4 rings (SSSR count). The quantitative estimate of drug-likeness (QED) is 0.556. The Kier molecular flexibility index (Phi) is 3.69. The number of nitrogens with zero attached hydrogens (tertiary/aromatic N) is 2. The van der Waals surface area contributed by atoms with E-state index in [1.54, 1.807) is 12.4 Å². The standard InChI is InChI=1S/C20H18N4O/c1-12-3-5-15(6-4-12)17-9-16-7-14(11-21-20(16)23-17)8-18(25)19-13(2)10-22-24-19/h3-7,9-11H,8H2,1-2H3,(H,21,23)(H,22,24). The summed E-state index contributed by atoms with van der Waals surface area (Å²) < 4.78 is 0. The minimum atomic E-state index is 0.0189. The molecule has 0 unspecified atom stereocenters. The molecule has 0 atom stereocenters. The van der Waals surface area contributed by atoms with Crippen LogP contribution in [0.4, 0.5) is 0 Å². The lowest BCUT2D eigenvalue weighted by Crippen LogP contribution is -2.06. The fourth-order valence-corrected chi connectivity index (χ4v) is 2.95. The second-order valence-corrected chi connectivity index (χ2v) is 6.36. The van der Waals surface area contributed by atoms with Crippen LogP contribution in [0.2, 0.25) is 0 Å². The van der Waals surface area contributed by atoms with E-state index < -0.39 is 0 Å². The van der Waals surface area contributed by atoms with Crippen LogP contribution in [0.15, 0.2) is 48.8 Å². The maximum absolute atomic E-state index is 12.4. The van der Waals surface area contributed by atoms with Crippen molar-refractivity contribution in [3.05, 3.63) is 71.2 Å². The van der Waals surface area contributed by atoms with Gasteiger partial charge in [-0.25, -0.2) is 4.98 Å². The number of rotatable bonds is 4. The number of hydrogen-bond acceptors (Lipinski definition) is 3. The monoisotopic (exact) mass is 330 g/mol. The highest BCUT2D eigenvalue weighted by Gasteiger charge is 2.13. The lowest BCUT2D eigenvalue weighted by molar-refractivity contribution is 0.0987. The Labute approximate surface area is 145 Å². The number of Topliss-reactive ketones (excluding diaryl/α,β-unsaturated/α-hetero) is 1. The van der Waals surface area contributed by atoms with Crippen molar-refractivity contribution in [1.29, 1.82) is 0 Å². The molecule has 5 heteroatoms. The summed E-state index contributed by atoms with van der Waals surface area (Å²) in [6, 6.07) is 12.4. The Morgan fingerprint density at radius 1 is 1.08 bits per heavy atom. The highest BCUT2D eigenvalue weighted by molar-refractivity contribution is 5.97. The average Bonchev–Trinajstić information content (AvgIpc) is 3.21. The van der Waals surface area contributed by atoms with E-state index in [0.29, 0.717) is 12.1 Å². The van der Waals surface area contributed by atoms with Crippen LogP contribution in [-0.4, -0.2) is 25.9 Å². The van der Waals surface area contributed by atoms with Crippen molar-refractivity contribution >= 4 is 16.8 Å². The van der Waals surface area contributed by atoms with E-state index in [4.69, 9.17) is 0 Å². The third-order valence-corrected chi connectivity index (χ3v) is 4.36. The van der Waals surface area contributed by atoms with Gasteiger partial charge in [-0.15, -0.1) is 0 Å². The van der Waals surface area contributed by atoms with Gasteiger partial charge in [-0.05, 0) is 42.7 Å². The lowest BCUT2D eigenvalue weighted by Gasteiger charge is -2.00. The molecule has 0 saturated carbocycles. The second-order valence-electron chi connectivity index (χ2n) is 6.36. The fourth-order valence-electron chi connectivity index (χ4n) is 2.95. The van der Waals surface area contributed by atoms with Gasteiger partial charge in [-0.1, -0.05) is 29.8 Å². The summed E-state index contributed by atoms with van der Waals surface area (Å²) in [7, 11) is 0. The third-order valence-electron chi connectivity index (χ3n) is 4.36. The molecule has 0 aliphatic carbocycles. The molecule has 124 valence electrons. The van der Waals surface area contributed by atoms with E-state index in [-0.39, 0.29) is 5.78 Å². The highest BCUT2D eigenvalue weighted by atomic mass is 16.1. The van der Waals surface area contributed by atoms with Crippen LogP contribution in [-0.2, 0) is 6.42 Å². The predicted molar refractivity (Wildman–Crippen MR) is 97.6 cm³/mol. The van der Waals surface area contributed by atoms with Gasteiger partial charge in [0.25, 0.3) is 0 Å². The highest BCUT2D eigenvalue weighted by Crippen LogP contribution is 2.24. The van der Waals surface area contributed by atoms with Gasteiger partial charge in [0.05, 0.1) is 6.20 Å². The molecular weight excluding hydrogens is 312 g/mol. The number of fused-ring (bicyclic) bond motifs is 1. The topological polar surface area (TPSA) is 74.4 Å². The number of carbonyl (C=O) groups is 1. The molecule has 0 fully saturated rings. The number of aryl methyl sites for hydroxylation is 2. The van der Waals surface area contributed by atoms with E-state index >= 15 is 0 Å². The van der Waals surface area contributed by atoms with Crippen LogP contribution < -0.4 is 0 Å². The Hall–Kier alpha value is -3.21. The van der Waals surface area contributed by atoms with Gasteiger partial charge in [-0.2, -0.15) is 5.10 Å². The van der Waals surface area contributed by atoms with Crippen molar-refractivity contribution in [2.75, 3.05) is 0 Å². The van der Waals surface area contributed by atoms with E-state index in [2.05, 4.69) is 57.4 Å². The first-order valence-electron chi connectivity index (χ1n) is 8.18. The summed E-state index contributed by atoms with van der Waals surface area (Å²) in [5.74, 6) is 0.0189. The molecule has 3 aromatic heterocycles. The van der Waals surface area contributed by atoms with E-state index in [1.165, 1.54) is 5.56 Å². The molecule has 0 aliphatic rings. The number of aromatic nitrogens is 4. The summed E-state index contributed by atoms with van der Waals surface area (Å²) in [6.07, 6.45) is 3.72. The van der Waals surface area contributed by atoms with Crippen LogP contribution in [0.25, 0.3) is 22.3 Å². The molecule has 1 aromatic carbocycles. The summed E-state index contributed by atoms with van der Waals surface area (Å²) >= 11 is 0. The molecule has 0 amide bonds. The van der Waals surface area contributed by atoms with Gasteiger partial charge in [-0.3, -0.25) is 9.89 Å². The number of ketones is 1. The van der Waals surface area contributed by atoms with Crippen molar-refractivity contribution in [3.63, 3.8) is 0 Å². The van der Waals surface area contributed by atoms with Gasteiger partial charge in [0.2, 0.25) is 0 Å². The normalized spacial score (nSPS) is 11.1. The minimum absolute atomic E-state index is 0.0189. The lowest BCUT2D eigenvalue weighted by atomic mass is 10.1. The summed E-state index contributed by atoms with van der Waals surface area (Å²) in [6.45, 7) is 3.94. The van der Waals surface area contributed by atoms with Gasteiger partial charge in [0, 0.05) is 23.7 Å². The van der Waals surface area contributed by atoms with Gasteiger partial charge < -0.3 is 4.98 Å². The third kappa shape index (κ3) is 2.96. The first-order valence-corrected chi connectivity index (χ1v) is 8.18. The molecule has 0 spiro atoms. The molecule has 0 radical (unpaired) electrons. The SMILES string of the molecule is Cc1ccc(-c2cc3cc(CC(=O)c4[nH]ncc4C)cnc3[nH]2)cc1. The van der Waals surface area contributed by atoms with Crippen molar-refractivity contribution in [2.24, 2.45) is 0 Å². The number of pyridine rings is 1. The maximum Gasteiger partial charge on any atom is 0.185 e. The van der Waals surface area contributed by atoms with Crippen LogP contribution in [0.3, 0.4) is 0 Å². The smallest absolute Gasteiger partial charge is 0.185 e. The Morgan fingerprint density at radius 2 is 1.88 bits per heavy atom. The first-order chi connectivity index (χ1) is 12.1. The van der Waals surface area contributed by atoms with E-state index in [1.807, 2.05) is 13.0 Å². The zero-order valence-electron chi connectivity index (χ0n) is 14.1. The zero-order valence-corrected chi connectivity index (χ0v) is 14.1. The van der Waals surface area contributed by atoms with Crippen molar-refractivity contribution in [3.8, 4) is 11.3 Å². The Bertz CT molecular complexity index is 1060. The molecule has 0 bridgehead atoms. The molecule has 3 heterocycles. The minimum Gasteiger partial charge on any atom is -0.339 e. The number of carbonyl (C=O) groups excluding carboxylic acids is 1. The summed E-state index contributed by atoms with van der Waals surface area (Å²) in [4.78, 5) is 20.2. The molecule has 5 nitrogen and oxygen atoms in total. The van der Waals surface area contributed by atoms with Crippen LogP contribution in [0.1, 0.15) is 27.2 Å². The average molecular weight is 330 g/mol. The van der Waals surface area contributed by atoms with Crippen molar-refractivity contribution in [2.45, 2.75) is 20.3 Å². The van der Waals surface area contributed by atoms with Crippen LogP contribution in [0, 0.1) is 13.8 Å². The van der Waals surface area contributed by atoms with Gasteiger partial charge in [0.1, 0.15) is 11.3 Å². The molecule has 0 aliphatic heterocycles. The Morgan fingerprint density at radius 3 is 2.60 bits per heavy atom. The fraction of sp³-hybridized carbons (Fsp3) is 0.150. The number of aromatic amines is 2. The number of nitrogens with one attached hydrogen (secondary N) is 2. The van der Waals surface area contributed by atoms with Crippen molar-refractivity contribution < 1.29 is 4.79 Å². The van der Waals surface area contributed by atoms with E-state index in [9.17, 15) is 4.79 Å². The van der Waals surface area contributed by atoms with Gasteiger partial charge in [0.15, 0.2) is 5.78 Å². The number of hydrogen-bond donors (Lipinski definition) is 2. The number of H-pyrrole nitrogens is 2. The van der Waals surface area contributed by atoms with Crippen LogP contribution in [0.5, 0.6) is 0 Å². The molecule has 4 aromatic rings. The first kappa shape index (κ1) is 15.3. The molecule has 2 N–H and O–H groups in total. The summed E-state index contributed by atoms with van der Waals surface area (Å²) in [5.41, 5.74) is 6.51. The molecular formula is C20H18N4O.